The highest BCUT2D eigenvalue weighted by atomic mass is 15.1. The highest BCUT2D eigenvalue weighted by Crippen LogP contribution is 2.35. The van der Waals surface area contributed by atoms with Gasteiger partial charge in [-0.2, -0.15) is 0 Å². The highest BCUT2D eigenvalue weighted by molar-refractivity contribution is 6.01. The molecular formula is C40H24N4. The van der Waals surface area contributed by atoms with Crippen molar-refractivity contribution >= 4 is 54.1 Å². The molecule has 0 fully saturated rings. The average Bonchev–Trinajstić information content (AvgIpc) is 3.09. The van der Waals surface area contributed by atoms with Crippen LogP contribution in [0.15, 0.2) is 146 Å². The summed E-state index contributed by atoms with van der Waals surface area (Å²) in [6, 6.07) is 49.8. The Balaban J connectivity index is 1.24. The van der Waals surface area contributed by atoms with Crippen LogP contribution in [-0.2, 0) is 0 Å². The van der Waals surface area contributed by atoms with Crippen molar-refractivity contribution in [2.75, 3.05) is 0 Å². The van der Waals surface area contributed by atoms with E-state index in [1.807, 2.05) is 6.07 Å². The lowest BCUT2D eigenvalue weighted by atomic mass is 9.96. The molecule has 2 aromatic heterocycles. The third kappa shape index (κ3) is 4.24. The minimum atomic E-state index is 0.764. The Hall–Kier alpha value is -6.00. The standard InChI is InChI=1S/C40H24N4/c1-3-7-27-17-34-19-32(11-9-29(34)15-25(27)5-1)38-22-36(31-13-14-37-40(21-31)44-42-24-41-37)23-39(43-38)33-12-10-30-16-26-6-2-4-8-28(26)18-35(30)20-33/h1-24H. The summed E-state index contributed by atoms with van der Waals surface area (Å²) in [5.74, 6) is 0. The summed E-state index contributed by atoms with van der Waals surface area (Å²) in [6.45, 7) is 0. The van der Waals surface area contributed by atoms with E-state index in [0.717, 1.165) is 44.7 Å². The Labute approximate surface area is 253 Å². The van der Waals surface area contributed by atoms with Gasteiger partial charge in [0.25, 0.3) is 0 Å². The van der Waals surface area contributed by atoms with Gasteiger partial charge in [-0.25, -0.2) is 9.97 Å². The van der Waals surface area contributed by atoms with E-state index in [-0.39, 0.29) is 0 Å². The van der Waals surface area contributed by atoms with Gasteiger partial charge in [0.05, 0.1) is 16.9 Å². The number of fused-ring (bicyclic) bond motifs is 5. The van der Waals surface area contributed by atoms with Crippen molar-refractivity contribution in [2.45, 2.75) is 0 Å². The van der Waals surface area contributed by atoms with Gasteiger partial charge in [-0.3, -0.25) is 0 Å². The van der Waals surface area contributed by atoms with Crippen LogP contribution in [0.25, 0.3) is 87.8 Å². The van der Waals surface area contributed by atoms with Gasteiger partial charge >= 0.3 is 0 Å². The lowest BCUT2D eigenvalue weighted by Crippen LogP contribution is -1.93. The lowest BCUT2D eigenvalue weighted by Gasteiger charge is -2.12. The van der Waals surface area contributed by atoms with E-state index in [1.165, 1.54) is 49.4 Å². The maximum Gasteiger partial charge on any atom is 0.138 e. The van der Waals surface area contributed by atoms with Crippen molar-refractivity contribution in [3.8, 4) is 33.6 Å². The van der Waals surface area contributed by atoms with Crippen LogP contribution in [0, 0.1) is 0 Å². The maximum atomic E-state index is 5.26. The second-order valence-corrected chi connectivity index (χ2v) is 11.3. The number of rotatable bonds is 3. The van der Waals surface area contributed by atoms with Crippen molar-refractivity contribution < 1.29 is 0 Å². The summed E-state index contributed by atoms with van der Waals surface area (Å²) in [4.78, 5) is 9.62. The normalized spacial score (nSPS) is 11.6. The maximum absolute atomic E-state index is 5.26. The Morgan fingerprint density at radius 1 is 0.341 bits per heavy atom. The van der Waals surface area contributed by atoms with Crippen molar-refractivity contribution in [1.82, 2.24) is 20.2 Å². The van der Waals surface area contributed by atoms with Crippen LogP contribution in [0.3, 0.4) is 0 Å². The first-order valence-corrected chi connectivity index (χ1v) is 14.7. The van der Waals surface area contributed by atoms with Crippen LogP contribution in [0.5, 0.6) is 0 Å². The van der Waals surface area contributed by atoms with Gasteiger partial charge in [0.15, 0.2) is 0 Å². The predicted molar refractivity (Wildman–Crippen MR) is 181 cm³/mol. The molecule has 0 aliphatic carbocycles. The van der Waals surface area contributed by atoms with Crippen LogP contribution >= 0.6 is 0 Å². The van der Waals surface area contributed by atoms with Crippen molar-refractivity contribution in [3.63, 3.8) is 0 Å². The number of nitrogens with zero attached hydrogens (tertiary/aromatic N) is 4. The molecule has 9 aromatic rings. The lowest BCUT2D eigenvalue weighted by molar-refractivity contribution is 1.02. The second-order valence-electron chi connectivity index (χ2n) is 11.3. The zero-order valence-electron chi connectivity index (χ0n) is 23.6. The smallest absolute Gasteiger partial charge is 0.138 e. The minimum Gasteiger partial charge on any atom is -0.248 e. The summed E-state index contributed by atoms with van der Waals surface area (Å²) in [7, 11) is 0. The fourth-order valence-electron chi connectivity index (χ4n) is 6.26. The summed E-state index contributed by atoms with van der Waals surface area (Å²) >= 11 is 0. The Morgan fingerprint density at radius 2 is 0.841 bits per heavy atom. The van der Waals surface area contributed by atoms with Crippen LogP contribution in [0.2, 0.25) is 0 Å². The topological polar surface area (TPSA) is 51.6 Å². The second kappa shape index (κ2) is 9.79. The Kier molecular flexibility index (Phi) is 5.47. The molecule has 0 aliphatic heterocycles. The molecule has 0 aliphatic rings. The molecule has 44 heavy (non-hydrogen) atoms. The third-order valence-electron chi connectivity index (χ3n) is 8.55. The number of pyridine rings is 1. The van der Waals surface area contributed by atoms with E-state index < -0.39 is 0 Å². The fourth-order valence-corrected chi connectivity index (χ4v) is 6.26. The van der Waals surface area contributed by atoms with Gasteiger partial charge in [0.2, 0.25) is 0 Å². The predicted octanol–water partition coefficient (Wildman–Crippen LogP) is 10.0. The van der Waals surface area contributed by atoms with Crippen LogP contribution in [0.4, 0.5) is 0 Å². The van der Waals surface area contributed by atoms with Gasteiger partial charge in [-0.05, 0) is 115 Å². The number of hydrogen-bond acceptors (Lipinski definition) is 4. The van der Waals surface area contributed by atoms with Gasteiger partial charge in [-0.1, -0.05) is 78.9 Å². The Morgan fingerprint density at radius 3 is 1.41 bits per heavy atom. The molecule has 0 unspecified atom stereocenters. The summed E-state index contributed by atoms with van der Waals surface area (Å²) in [5.41, 5.74) is 7.68. The zero-order valence-corrected chi connectivity index (χ0v) is 23.6. The van der Waals surface area contributed by atoms with Gasteiger partial charge in [0, 0.05) is 11.1 Å². The van der Waals surface area contributed by atoms with Crippen molar-refractivity contribution in [3.05, 3.63) is 146 Å². The number of hydrogen-bond donors (Lipinski definition) is 0. The molecule has 0 N–H and O–H groups in total. The van der Waals surface area contributed by atoms with E-state index in [4.69, 9.17) is 4.98 Å². The summed E-state index contributed by atoms with van der Waals surface area (Å²) in [5, 5.41) is 18.1. The van der Waals surface area contributed by atoms with Crippen LogP contribution < -0.4 is 0 Å². The quantitative estimate of drug-likeness (QED) is 0.202. The average molecular weight is 561 g/mol. The molecule has 0 saturated heterocycles. The van der Waals surface area contributed by atoms with Gasteiger partial charge < -0.3 is 0 Å². The van der Waals surface area contributed by atoms with Gasteiger partial charge in [0.1, 0.15) is 11.8 Å². The number of aromatic nitrogens is 4. The summed E-state index contributed by atoms with van der Waals surface area (Å²) < 4.78 is 0. The third-order valence-corrected chi connectivity index (χ3v) is 8.55. The summed E-state index contributed by atoms with van der Waals surface area (Å²) in [6.07, 6.45) is 1.48. The van der Waals surface area contributed by atoms with E-state index in [0.29, 0.717) is 0 Å². The van der Waals surface area contributed by atoms with E-state index in [9.17, 15) is 0 Å². The van der Waals surface area contributed by atoms with E-state index in [1.54, 1.807) is 0 Å². The molecular weight excluding hydrogens is 536 g/mol. The first kappa shape index (κ1) is 24.6. The number of benzene rings is 7. The molecule has 0 saturated carbocycles. The van der Waals surface area contributed by atoms with Crippen molar-refractivity contribution in [2.24, 2.45) is 0 Å². The molecule has 2 heterocycles. The molecule has 204 valence electrons. The van der Waals surface area contributed by atoms with Crippen LogP contribution in [0.1, 0.15) is 0 Å². The largest absolute Gasteiger partial charge is 0.248 e. The molecule has 9 rings (SSSR count). The van der Waals surface area contributed by atoms with Crippen LogP contribution in [-0.4, -0.2) is 20.2 Å². The minimum absolute atomic E-state index is 0.764. The monoisotopic (exact) mass is 560 g/mol. The molecule has 7 aromatic carbocycles. The van der Waals surface area contributed by atoms with Gasteiger partial charge in [-0.15, -0.1) is 10.2 Å². The highest BCUT2D eigenvalue weighted by Gasteiger charge is 2.12. The SMILES string of the molecule is c1ccc2cc3cc(-c4cc(-c5ccc6ncnnc6c5)cc(-c5ccc6cc7ccccc7cc6c5)n4)ccc3cc2c1. The molecule has 0 atom stereocenters. The molecule has 0 radical (unpaired) electrons. The van der Waals surface area contributed by atoms with E-state index >= 15 is 0 Å². The molecule has 0 spiro atoms. The Bertz CT molecular complexity index is 2430. The molecule has 0 amide bonds. The molecule has 4 nitrogen and oxygen atoms in total. The first-order valence-electron chi connectivity index (χ1n) is 14.7. The zero-order chi connectivity index (χ0) is 29.0. The first-order chi connectivity index (χ1) is 21.7. The molecule has 4 heteroatoms. The van der Waals surface area contributed by atoms with E-state index in [2.05, 4.69) is 149 Å². The molecule has 0 bridgehead atoms. The fraction of sp³-hybridized carbons (Fsp3) is 0. The van der Waals surface area contributed by atoms with Crippen molar-refractivity contribution in [1.29, 1.82) is 0 Å².